The van der Waals surface area contributed by atoms with Gasteiger partial charge in [-0.2, -0.15) is 0 Å². The van der Waals surface area contributed by atoms with E-state index in [0.717, 1.165) is 0 Å². The molecule has 0 aromatic heterocycles. The minimum atomic E-state index is -4.32. The van der Waals surface area contributed by atoms with Gasteiger partial charge in [-0.05, 0) is 19.3 Å². The van der Waals surface area contributed by atoms with Crippen molar-refractivity contribution in [2.24, 2.45) is 11.7 Å². The number of nitrogens with one attached hydrogen (secondary N) is 2. The summed E-state index contributed by atoms with van der Waals surface area (Å²) in [6, 6.07) is -1.62. The number of rotatable bonds is 7. The lowest BCUT2D eigenvalue weighted by atomic mass is 10.0. The van der Waals surface area contributed by atoms with Gasteiger partial charge in [-0.3, -0.25) is 14.2 Å². The van der Waals surface area contributed by atoms with Crippen molar-refractivity contribution in [3.05, 3.63) is 0 Å². The van der Waals surface area contributed by atoms with Crippen molar-refractivity contribution in [2.75, 3.05) is 6.29 Å². The standard InChI is InChI=1S/C10H22N3O5P/c1-6(2)4-8(13-9(14)7(3)11)10(15)12-5-19(16,17)18/h6-8H,4-5,11H2,1-3H3,(H,12,15)(H,13,14)(H2,16,17,18)/t7-,8-/m0/s1. The van der Waals surface area contributed by atoms with Crippen molar-refractivity contribution in [1.82, 2.24) is 10.6 Å². The molecule has 0 saturated heterocycles. The second kappa shape index (κ2) is 7.59. The minimum Gasteiger partial charge on any atom is -0.343 e. The van der Waals surface area contributed by atoms with E-state index in [4.69, 9.17) is 15.5 Å². The van der Waals surface area contributed by atoms with Gasteiger partial charge in [0.2, 0.25) is 11.8 Å². The molecule has 19 heavy (non-hydrogen) atoms. The predicted molar refractivity (Wildman–Crippen MR) is 70.1 cm³/mol. The van der Waals surface area contributed by atoms with E-state index in [1.54, 1.807) is 0 Å². The molecule has 0 unspecified atom stereocenters. The van der Waals surface area contributed by atoms with Crippen LogP contribution in [0.25, 0.3) is 0 Å². The molecular formula is C10H22N3O5P. The Bertz CT molecular complexity index is 366. The molecule has 8 nitrogen and oxygen atoms in total. The molecule has 0 fully saturated rings. The Morgan fingerprint density at radius 2 is 1.74 bits per heavy atom. The molecule has 0 radical (unpaired) electrons. The zero-order chi connectivity index (χ0) is 15.2. The fourth-order valence-electron chi connectivity index (χ4n) is 1.31. The van der Waals surface area contributed by atoms with Crippen LogP contribution < -0.4 is 16.4 Å². The highest BCUT2D eigenvalue weighted by Crippen LogP contribution is 2.31. The first kappa shape index (κ1) is 18.0. The zero-order valence-electron chi connectivity index (χ0n) is 11.3. The molecule has 0 aliphatic carbocycles. The van der Waals surface area contributed by atoms with E-state index in [9.17, 15) is 14.2 Å². The number of amides is 2. The second-order valence-electron chi connectivity index (χ2n) is 4.84. The number of nitrogens with two attached hydrogens (primary N) is 1. The van der Waals surface area contributed by atoms with Crippen LogP contribution in [0.2, 0.25) is 0 Å². The molecule has 0 aliphatic heterocycles. The smallest absolute Gasteiger partial charge is 0.343 e. The minimum absolute atomic E-state index is 0.124. The van der Waals surface area contributed by atoms with Gasteiger partial charge in [0.05, 0.1) is 6.04 Å². The van der Waals surface area contributed by atoms with Crippen LogP contribution in [0.4, 0.5) is 0 Å². The maximum atomic E-state index is 11.8. The molecule has 9 heteroatoms. The van der Waals surface area contributed by atoms with Crippen LogP contribution in [0, 0.1) is 5.92 Å². The molecule has 0 rings (SSSR count). The van der Waals surface area contributed by atoms with E-state index in [0.29, 0.717) is 6.42 Å². The summed E-state index contributed by atoms with van der Waals surface area (Å²) < 4.78 is 10.7. The monoisotopic (exact) mass is 295 g/mol. The van der Waals surface area contributed by atoms with Gasteiger partial charge >= 0.3 is 7.60 Å². The Kier molecular flexibility index (Phi) is 7.21. The molecule has 0 heterocycles. The molecule has 112 valence electrons. The number of hydrogen-bond donors (Lipinski definition) is 5. The van der Waals surface area contributed by atoms with Crippen molar-refractivity contribution in [3.63, 3.8) is 0 Å². The number of carbonyl (C=O) groups excluding carboxylic acids is 2. The third-order valence-electron chi connectivity index (χ3n) is 2.21. The highest BCUT2D eigenvalue weighted by atomic mass is 31.2. The molecule has 6 N–H and O–H groups in total. The molecule has 0 aliphatic rings. The lowest BCUT2D eigenvalue weighted by Gasteiger charge is -2.21. The van der Waals surface area contributed by atoms with Crippen molar-refractivity contribution in [3.8, 4) is 0 Å². The summed E-state index contributed by atoms with van der Waals surface area (Å²) in [7, 11) is -4.32. The Morgan fingerprint density at radius 1 is 1.21 bits per heavy atom. The predicted octanol–water partition coefficient (Wildman–Crippen LogP) is -0.884. The molecule has 0 aromatic carbocycles. The maximum absolute atomic E-state index is 11.8. The average Bonchev–Trinajstić information content (AvgIpc) is 2.22. The quantitative estimate of drug-likeness (QED) is 0.386. The Balaban J connectivity index is 4.61. The number of carbonyl (C=O) groups is 2. The lowest BCUT2D eigenvalue weighted by molar-refractivity contribution is -0.129. The van der Waals surface area contributed by atoms with Crippen LogP contribution in [0.15, 0.2) is 0 Å². The summed E-state index contributed by atoms with van der Waals surface area (Å²) in [4.78, 5) is 40.6. The Morgan fingerprint density at radius 3 is 2.11 bits per heavy atom. The van der Waals surface area contributed by atoms with Gasteiger partial charge in [0.25, 0.3) is 0 Å². The van der Waals surface area contributed by atoms with E-state index in [1.165, 1.54) is 6.92 Å². The van der Waals surface area contributed by atoms with Crippen molar-refractivity contribution in [2.45, 2.75) is 39.3 Å². The largest absolute Gasteiger partial charge is 0.344 e. The van der Waals surface area contributed by atoms with Crippen LogP contribution in [0.3, 0.4) is 0 Å². The maximum Gasteiger partial charge on any atom is 0.344 e. The van der Waals surface area contributed by atoms with Gasteiger partial charge < -0.3 is 26.2 Å². The fourth-order valence-corrected chi connectivity index (χ4v) is 1.67. The topological polar surface area (TPSA) is 142 Å². The second-order valence-corrected chi connectivity index (χ2v) is 6.49. The summed E-state index contributed by atoms with van der Waals surface area (Å²) in [5.74, 6) is -0.998. The van der Waals surface area contributed by atoms with Crippen LogP contribution in [0.1, 0.15) is 27.2 Å². The first-order valence-corrected chi connectivity index (χ1v) is 7.71. The van der Waals surface area contributed by atoms with Gasteiger partial charge in [0.1, 0.15) is 12.3 Å². The van der Waals surface area contributed by atoms with Crippen LogP contribution in [-0.2, 0) is 14.2 Å². The molecule has 2 atom stereocenters. The van der Waals surface area contributed by atoms with Crippen LogP contribution in [0.5, 0.6) is 0 Å². The summed E-state index contributed by atoms with van der Waals surface area (Å²) in [5, 5.41) is 4.57. The Labute approximate surface area is 112 Å². The summed E-state index contributed by atoms with van der Waals surface area (Å²) in [6.45, 7) is 5.21. The van der Waals surface area contributed by atoms with E-state index in [-0.39, 0.29) is 5.92 Å². The molecule has 0 spiro atoms. The molecule has 0 bridgehead atoms. The van der Waals surface area contributed by atoms with Crippen LogP contribution in [-0.4, -0.2) is 40.0 Å². The summed E-state index contributed by atoms with van der Waals surface area (Å²) >= 11 is 0. The molecule has 2 amide bonds. The molecule has 0 saturated carbocycles. The van der Waals surface area contributed by atoms with E-state index in [1.807, 2.05) is 13.8 Å². The summed E-state index contributed by atoms with van der Waals surface area (Å²) in [6.07, 6.45) is -0.403. The average molecular weight is 295 g/mol. The SMILES string of the molecule is CC(C)C[C@H](NC(=O)[C@H](C)N)C(=O)NCP(=O)(O)O. The van der Waals surface area contributed by atoms with E-state index in [2.05, 4.69) is 10.6 Å². The zero-order valence-corrected chi connectivity index (χ0v) is 12.2. The normalized spacial score (nSPS) is 14.9. The first-order valence-electron chi connectivity index (χ1n) is 5.91. The highest BCUT2D eigenvalue weighted by molar-refractivity contribution is 7.51. The van der Waals surface area contributed by atoms with Crippen molar-refractivity contribution >= 4 is 19.4 Å². The van der Waals surface area contributed by atoms with Crippen LogP contribution >= 0.6 is 7.60 Å². The summed E-state index contributed by atoms with van der Waals surface area (Å²) in [5.41, 5.74) is 5.39. The fraction of sp³-hybridized carbons (Fsp3) is 0.800. The van der Waals surface area contributed by atoms with E-state index >= 15 is 0 Å². The van der Waals surface area contributed by atoms with Gasteiger partial charge in [0.15, 0.2) is 0 Å². The van der Waals surface area contributed by atoms with E-state index < -0.39 is 37.8 Å². The third-order valence-corrected chi connectivity index (χ3v) is 2.78. The highest BCUT2D eigenvalue weighted by Gasteiger charge is 2.25. The van der Waals surface area contributed by atoms with Gasteiger partial charge in [0, 0.05) is 0 Å². The van der Waals surface area contributed by atoms with Crippen molar-refractivity contribution in [1.29, 1.82) is 0 Å². The van der Waals surface area contributed by atoms with Gasteiger partial charge in [-0.25, -0.2) is 0 Å². The Hall–Kier alpha value is -0.950. The molecular weight excluding hydrogens is 273 g/mol. The van der Waals surface area contributed by atoms with Crippen molar-refractivity contribution < 1.29 is 23.9 Å². The number of hydrogen-bond acceptors (Lipinski definition) is 4. The lowest BCUT2D eigenvalue weighted by Crippen LogP contribution is -2.51. The third kappa shape index (κ3) is 8.72. The van der Waals surface area contributed by atoms with Gasteiger partial charge in [-0.1, -0.05) is 13.8 Å². The molecule has 0 aromatic rings. The first-order chi connectivity index (χ1) is 8.53. The van der Waals surface area contributed by atoms with Gasteiger partial charge in [-0.15, -0.1) is 0 Å².